The molecular formula is C30H30ClN5O2S. The number of ether oxygens (including phenoxy) is 1. The molecule has 39 heavy (non-hydrogen) atoms. The van der Waals surface area contributed by atoms with Gasteiger partial charge in [0.25, 0.3) is 0 Å². The molecule has 0 bridgehead atoms. The van der Waals surface area contributed by atoms with Crippen molar-refractivity contribution in [2.45, 2.75) is 32.5 Å². The highest BCUT2D eigenvalue weighted by Gasteiger charge is 2.42. The lowest BCUT2D eigenvalue weighted by atomic mass is 9.96. The van der Waals surface area contributed by atoms with E-state index >= 15 is 0 Å². The van der Waals surface area contributed by atoms with Gasteiger partial charge in [0.05, 0.1) is 28.5 Å². The minimum Gasteiger partial charge on any atom is -0.375 e. The number of aryl methyl sites for hydroxylation is 1. The molecule has 1 amide bonds. The molecule has 0 saturated carbocycles. The summed E-state index contributed by atoms with van der Waals surface area (Å²) in [6.45, 7) is 5.01. The van der Waals surface area contributed by atoms with Crippen LogP contribution in [0.1, 0.15) is 40.3 Å². The first-order chi connectivity index (χ1) is 18.9. The molecule has 1 fully saturated rings. The summed E-state index contributed by atoms with van der Waals surface area (Å²) in [5.74, 6) is -0.274. The fourth-order valence-corrected chi connectivity index (χ4v) is 5.73. The van der Waals surface area contributed by atoms with Crippen molar-refractivity contribution in [2.24, 2.45) is 0 Å². The van der Waals surface area contributed by atoms with Gasteiger partial charge in [-0.1, -0.05) is 48.0 Å². The second-order valence-electron chi connectivity index (χ2n) is 9.54. The number of nitrogens with zero attached hydrogens (tertiary/aromatic N) is 3. The molecule has 0 aliphatic carbocycles. The maximum atomic E-state index is 12.1. The number of benzene rings is 2. The van der Waals surface area contributed by atoms with Crippen LogP contribution in [-0.2, 0) is 16.1 Å². The minimum absolute atomic E-state index is 0.0510. The predicted molar refractivity (Wildman–Crippen MR) is 159 cm³/mol. The number of nitrogens with one attached hydrogen (secondary N) is 2. The maximum absolute atomic E-state index is 12.1. The number of amides is 1. The second kappa shape index (κ2) is 11.6. The van der Waals surface area contributed by atoms with E-state index in [1.807, 2.05) is 36.4 Å². The predicted octanol–water partition coefficient (Wildman–Crippen LogP) is 5.96. The van der Waals surface area contributed by atoms with Gasteiger partial charge in [0.2, 0.25) is 5.91 Å². The molecule has 2 aromatic heterocycles. The highest BCUT2D eigenvalue weighted by Crippen LogP contribution is 2.44. The first-order valence-corrected chi connectivity index (χ1v) is 13.5. The Labute approximate surface area is 238 Å². The molecule has 4 aromatic rings. The Balaban J connectivity index is 1.56. The fraction of sp³-hybridized carbons (Fsp3) is 0.233. The number of thiocarbonyl (C=S) groups is 1. The third kappa shape index (κ3) is 5.54. The molecule has 7 nitrogen and oxygen atoms in total. The average Bonchev–Trinajstić information content (AvgIpc) is 3.42. The SMILES string of the molecule is COCC(=O)Nc1ccc(N2C(=S)N[C@@H](c3ccccn3)[C@H]2c2cc(C)n(Cc3ccccc3)c2C)cc1Cl. The zero-order valence-electron chi connectivity index (χ0n) is 22.0. The smallest absolute Gasteiger partial charge is 0.250 e. The summed E-state index contributed by atoms with van der Waals surface area (Å²) in [6.07, 6.45) is 1.80. The van der Waals surface area contributed by atoms with Crippen molar-refractivity contribution >= 4 is 46.2 Å². The Morgan fingerprint density at radius 2 is 1.87 bits per heavy atom. The summed E-state index contributed by atoms with van der Waals surface area (Å²) in [5.41, 5.74) is 6.95. The minimum atomic E-state index is -0.274. The molecule has 2 N–H and O–H groups in total. The van der Waals surface area contributed by atoms with Crippen molar-refractivity contribution in [1.82, 2.24) is 14.9 Å². The van der Waals surface area contributed by atoms with Gasteiger partial charge >= 0.3 is 0 Å². The fourth-order valence-electron chi connectivity index (χ4n) is 5.16. The van der Waals surface area contributed by atoms with E-state index in [1.165, 1.54) is 12.7 Å². The zero-order valence-corrected chi connectivity index (χ0v) is 23.6. The van der Waals surface area contributed by atoms with Crippen molar-refractivity contribution in [2.75, 3.05) is 23.9 Å². The lowest BCUT2D eigenvalue weighted by molar-refractivity contribution is -0.119. The Bertz CT molecular complexity index is 1490. The van der Waals surface area contributed by atoms with E-state index in [2.05, 4.69) is 69.3 Å². The number of aromatic nitrogens is 2. The lowest BCUT2D eigenvalue weighted by Gasteiger charge is -2.28. The molecule has 0 unspecified atom stereocenters. The Kier molecular flexibility index (Phi) is 7.97. The van der Waals surface area contributed by atoms with E-state index in [0.29, 0.717) is 15.8 Å². The van der Waals surface area contributed by atoms with Crippen LogP contribution in [0.25, 0.3) is 0 Å². The van der Waals surface area contributed by atoms with Crippen LogP contribution in [0.15, 0.2) is 79.0 Å². The summed E-state index contributed by atoms with van der Waals surface area (Å²) < 4.78 is 7.25. The van der Waals surface area contributed by atoms with E-state index in [1.54, 1.807) is 12.3 Å². The Morgan fingerprint density at radius 1 is 1.10 bits per heavy atom. The molecule has 9 heteroatoms. The van der Waals surface area contributed by atoms with Crippen LogP contribution in [0.3, 0.4) is 0 Å². The number of hydrogen-bond donors (Lipinski definition) is 2. The van der Waals surface area contributed by atoms with Crippen molar-refractivity contribution in [1.29, 1.82) is 0 Å². The van der Waals surface area contributed by atoms with Gasteiger partial charge in [0, 0.05) is 36.9 Å². The average molecular weight is 560 g/mol. The number of halogens is 1. The standard InChI is InChI=1S/C30H30ClN5O2S/c1-19-15-23(20(2)35(19)17-21-9-5-4-6-10-21)29-28(26-11-7-8-14-32-26)34-30(39)36(29)22-12-13-25(24(31)16-22)33-27(37)18-38-3/h4-16,28-29H,17-18H2,1-3H3,(H,33,37)(H,34,39)/t28-,29+/m0/s1. The monoisotopic (exact) mass is 559 g/mol. The molecule has 200 valence electrons. The number of rotatable bonds is 8. The number of anilines is 2. The van der Waals surface area contributed by atoms with Crippen LogP contribution in [0, 0.1) is 13.8 Å². The van der Waals surface area contributed by atoms with Gasteiger partial charge in [-0.25, -0.2) is 0 Å². The Morgan fingerprint density at radius 3 is 2.56 bits per heavy atom. The first-order valence-electron chi connectivity index (χ1n) is 12.7. The van der Waals surface area contributed by atoms with Crippen molar-refractivity contribution in [3.8, 4) is 0 Å². The van der Waals surface area contributed by atoms with Crippen molar-refractivity contribution < 1.29 is 9.53 Å². The quantitative estimate of drug-likeness (QED) is 0.259. The summed E-state index contributed by atoms with van der Waals surface area (Å²) >= 11 is 12.5. The highest BCUT2D eigenvalue weighted by atomic mass is 35.5. The number of carbonyl (C=O) groups is 1. The molecule has 0 radical (unpaired) electrons. The summed E-state index contributed by atoms with van der Waals surface area (Å²) in [7, 11) is 1.47. The van der Waals surface area contributed by atoms with Gasteiger partial charge in [0.1, 0.15) is 6.61 Å². The topological polar surface area (TPSA) is 71.4 Å². The van der Waals surface area contributed by atoms with E-state index in [-0.39, 0.29) is 24.6 Å². The third-order valence-electron chi connectivity index (χ3n) is 6.99. The summed E-state index contributed by atoms with van der Waals surface area (Å²) in [6, 6.07) is 23.8. The molecular weight excluding hydrogens is 530 g/mol. The second-order valence-corrected chi connectivity index (χ2v) is 10.3. The molecule has 1 saturated heterocycles. The van der Waals surface area contributed by atoms with Gasteiger partial charge in [-0.3, -0.25) is 9.78 Å². The van der Waals surface area contributed by atoms with Crippen LogP contribution < -0.4 is 15.5 Å². The lowest BCUT2D eigenvalue weighted by Crippen LogP contribution is -2.29. The normalized spacial score (nSPS) is 16.8. The van der Waals surface area contributed by atoms with Crippen LogP contribution in [-0.4, -0.2) is 34.3 Å². The number of hydrogen-bond acceptors (Lipinski definition) is 4. The zero-order chi connectivity index (χ0) is 27.5. The molecule has 0 spiro atoms. The van der Waals surface area contributed by atoms with Gasteiger partial charge < -0.3 is 24.8 Å². The van der Waals surface area contributed by atoms with Crippen LogP contribution in [0.5, 0.6) is 0 Å². The maximum Gasteiger partial charge on any atom is 0.250 e. The summed E-state index contributed by atoms with van der Waals surface area (Å²) in [5, 5.41) is 7.29. The van der Waals surface area contributed by atoms with E-state index in [0.717, 1.165) is 34.9 Å². The van der Waals surface area contributed by atoms with Crippen LogP contribution in [0.4, 0.5) is 11.4 Å². The largest absolute Gasteiger partial charge is 0.375 e. The molecule has 2 atom stereocenters. The van der Waals surface area contributed by atoms with Gasteiger partial charge in [-0.2, -0.15) is 0 Å². The molecule has 5 rings (SSSR count). The number of methoxy groups -OCH3 is 1. The van der Waals surface area contributed by atoms with Crippen LogP contribution in [0.2, 0.25) is 5.02 Å². The number of pyridine rings is 1. The van der Waals surface area contributed by atoms with E-state index < -0.39 is 0 Å². The van der Waals surface area contributed by atoms with Gasteiger partial charge in [0.15, 0.2) is 5.11 Å². The van der Waals surface area contributed by atoms with E-state index in [4.69, 9.17) is 28.6 Å². The van der Waals surface area contributed by atoms with Gasteiger partial charge in [-0.15, -0.1) is 0 Å². The highest BCUT2D eigenvalue weighted by molar-refractivity contribution is 7.80. The molecule has 1 aliphatic rings. The van der Waals surface area contributed by atoms with Crippen molar-refractivity contribution in [3.05, 3.63) is 112 Å². The van der Waals surface area contributed by atoms with E-state index in [9.17, 15) is 4.79 Å². The first kappa shape index (κ1) is 26.9. The summed E-state index contributed by atoms with van der Waals surface area (Å²) in [4.78, 5) is 18.8. The van der Waals surface area contributed by atoms with Crippen molar-refractivity contribution in [3.63, 3.8) is 0 Å². The van der Waals surface area contributed by atoms with Crippen LogP contribution >= 0.6 is 23.8 Å². The molecule has 3 heterocycles. The molecule has 2 aromatic carbocycles. The number of carbonyl (C=O) groups excluding carboxylic acids is 1. The molecule has 1 aliphatic heterocycles. The van der Waals surface area contributed by atoms with Gasteiger partial charge in [-0.05, 0) is 73.6 Å². The Hall–Kier alpha value is -3.72. The third-order valence-corrected chi connectivity index (χ3v) is 7.62.